The third kappa shape index (κ3) is 2.77. The van der Waals surface area contributed by atoms with Gasteiger partial charge in [0.15, 0.2) is 0 Å². The van der Waals surface area contributed by atoms with E-state index < -0.39 is 0 Å². The molecule has 0 spiro atoms. The average Bonchev–Trinajstić information content (AvgIpc) is 2.70. The summed E-state index contributed by atoms with van der Waals surface area (Å²) in [5.41, 5.74) is 3.48. The fraction of sp³-hybridized carbons (Fsp3) is 0.467. The Morgan fingerprint density at radius 3 is 2.89 bits per heavy atom. The van der Waals surface area contributed by atoms with Crippen LogP contribution >= 0.6 is 0 Å². The number of aryl methyl sites for hydroxylation is 2. The smallest absolute Gasteiger partial charge is 0.106 e. The average molecular weight is 256 g/mol. The van der Waals surface area contributed by atoms with E-state index in [1.54, 1.807) is 0 Å². The summed E-state index contributed by atoms with van der Waals surface area (Å²) in [6, 6.07) is 8.63. The van der Waals surface area contributed by atoms with Gasteiger partial charge in [0.25, 0.3) is 0 Å². The van der Waals surface area contributed by atoms with Crippen LogP contribution in [-0.2, 0) is 13.5 Å². The number of imidazole rings is 1. The highest BCUT2D eigenvalue weighted by Crippen LogP contribution is 2.17. The van der Waals surface area contributed by atoms with Gasteiger partial charge in [0.2, 0.25) is 0 Å². The molecule has 1 unspecified atom stereocenters. The van der Waals surface area contributed by atoms with Crippen molar-refractivity contribution in [2.24, 2.45) is 7.05 Å². The van der Waals surface area contributed by atoms with Crippen LogP contribution < -0.4 is 0 Å². The number of rotatable bonds is 4. The third-order valence-corrected chi connectivity index (χ3v) is 3.77. The summed E-state index contributed by atoms with van der Waals surface area (Å²) >= 11 is 0. The van der Waals surface area contributed by atoms with Crippen LogP contribution in [0.2, 0.25) is 0 Å². The molecule has 0 fully saturated rings. The molecule has 0 aliphatic rings. The predicted molar refractivity (Wildman–Crippen MR) is 76.9 cm³/mol. The van der Waals surface area contributed by atoms with Crippen molar-refractivity contribution in [1.29, 1.82) is 5.26 Å². The minimum atomic E-state index is -0.0409. The normalized spacial score (nSPS) is 12.8. The van der Waals surface area contributed by atoms with Crippen molar-refractivity contribution in [3.63, 3.8) is 0 Å². The van der Waals surface area contributed by atoms with Crippen molar-refractivity contribution < 1.29 is 0 Å². The van der Waals surface area contributed by atoms with E-state index in [4.69, 9.17) is 5.26 Å². The van der Waals surface area contributed by atoms with Gasteiger partial charge in [-0.3, -0.25) is 4.90 Å². The van der Waals surface area contributed by atoms with Crippen molar-refractivity contribution in [3.05, 3.63) is 29.6 Å². The molecule has 0 aliphatic carbocycles. The van der Waals surface area contributed by atoms with Gasteiger partial charge in [0.1, 0.15) is 5.82 Å². The van der Waals surface area contributed by atoms with E-state index in [1.807, 2.05) is 27.9 Å². The van der Waals surface area contributed by atoms with Crippen molar-refractivity contribution in [3.8, 4) is 6.07 Å². The predicted octanol–water partition coefficient (Wildman–Crippen LogP) is 2.27. The molecule has 0 N–H and O–H groups in total. The lowest BCUT2D eigenvalue weighted by atomic mass is 10.1. The second kappa shape index (κ2) is 5.41. The molecule has 1 heterocycles. The molecular weight excluding hydrogens is 236 g/mol. The number of nitrogens with zero attached hydrogens (tertiary/aromatic N) is 4. The summed E-state index contributed by atoms with van der Waals surface area (Å²) in [5, 5.41) is 8.87. The van der Waals surface area contributed by atoms with Crippen LogP contribution in [-0.4, -0.2) is 34.1 Å². The molecule has 1 aromatic carbocycles. The Bertz CT molecular complexity index is 621. The maximum atomic E-state index is 8.87. The summed E-state index contributed by atoms with van der Waals surface area (Å²) in [6.07, 6.45) is 0.939. The standard InChI is InChI=1S/C15H20N4/c1-11(10-16)18(3)8-7-13-5-6-15-14(9-13)17-12(2)19(15)4/h5-6,9,11H,7-8H2,1-4H3. The lowest BCUT2D eigenvalue weighted by Gasteiger charge is -2.18. The molecule has 4 heteroatoms. The molecular formula is C15H20N4. The van der Waals surface area contributed by atoms with Crippen LogP contribution in [0.1, 0.15) is 18.3 Å². The molecule has 0 saturated carbocycles. The van der Waals surface area contributed by atoms with Gasteiger partial charge in [0.05, 0.1) is 23.1 Å². The molecule has 1 aromatic heterocycles. The molecule has 0 saturated heterocycles. The number of fused-ring (bicyclic) bond motifs is 1. The van der Waals surface area contributed by atoms with Crippen LogP contribution in [0.15, 0.2) is 18.2 Å². The van der Waals surface area contributed by atoms with Crippen LogP contribution in [0.5, 0.6) is 0 Å². The second-order valence-corrected chi connectivity index (χ2v) is 5.08. The maximum Gasteiger partial charge on any atom is 0.106 e. The molecule has 0 bridgehead atoms. The van der Waals surface area contributed by atoms with Crippen LogP contribution in [0, 0.1) is 18.3 Å². The van der Waals surface area contributed by atoms with Gasteiger partial charge in [-0.05, 0) is 45.0 Å². The molecule has 2 aromatic rings. The van der Waals surface area contributed by atoms with Crippen LogP contribution in [0.4, 0.5) is 0 Å². The zero-order chi connectivity index (χ0) is 14.0. The van der Waals surface area contributed by atoms with Gasteiger partial charge < -0.3 is 4.57 Å². The van der Waals surface area contributed by atoms with Crippen LogP contribution in [0.25, 0.3) is 11.0 Å². The SMILES string of the molecule is Cc1nc2cc(CCN(C)C(C)C#N)ccc2n1C. The Kier molecular flexibility index (Phi) is 3.87. The van der Waals surface area contributed by atoms with E-state index in [0.717, 1.165) is 24.3 Å². The van der Waals surface area contributed by atoms with E-state index in [1.165, 1.54) is 11.1 Å². The van der Waals surface area contributed by atoms with Crippen molar-refractivity contribution >= 4 is 11.0 Å². The Morgan fingerprint density at radius 2 is 2.21 bits per heavy atom. The fourth-order valence-corrected chi connectivity index (χ4v) is 2.12. The van der Waals surface area contributed by atoms with E-state index >= 15 is 0 Å². The van der Waals surface area contributed by atoms with Crippen molar-refractivity contribution in [1.82, 2.24) is 14.5 Å². The molecule has 100 valence electrons. The number of benzene rings is 1. The second-order valence-electron chi connectivity index (χ2n) is 5.08. The molecule has 0 aliphatic heterocycles. The zero-order valence-corrected chi connectivity index (χ0v) is 12.0. The first-order chi connectivity index (χ1) is 9.02. The molecule has 2 rings (SSSR count). The van der Waals surface area contributed by atoms with Gasteiger partial charge >= 0.3 is 0 Å². The molecule has 0 amide bonds. The third-order valence-electron chi connectivity index (χ3n) is 3.77. The monoisotopic (exact) mass is 256 g/mol. The van der Waals surface area contributed by atoms with Crippen molar-refractivity contribution in [2.75, 3.05) is 13.6 Å². The van der Waals surface area contributed by atoms with E-state index in [2.05, 4.69) is 38.7 Å². The Labute approximate surface area is 114 Å². The Morgan fingerprint density at radius 1 is 1.47 bits per heavy atom. The quantitative estimate of drug-likeness (QED) is 0.843. The summed E-state index contributed by atoms with van der Waals surface area (Å²) in [6.45, 7) is 4.82. The summed E-state index contributed by atoms with van der Waals surface area (Å²) < 4.78 is 2.10. The topological polar surface area (TPSA) is 44.9 Å². The molecule has 1 atom stereocenters. The highest BCUT2D eigenvalue weighted by Gasteiger charge is 2.08. The molecule has 4 nitrogen and oxygen atoms in total. The Balaban J connectivity index is 2.12. The largest absolute Gasteiger partial charge is 0.331 e. The van der Waals surface area contributed by atoms with Gasteiger partial charge in [-0.2, -0.15) is 5.26 Å². The number of aromatic nitrogens is 2. The first-order valence-corrected chi connectivity index (χ1v) is 6.54. The maximum absolute atomic E-state index is 8.87. The van der Waals surface area contributed by atoms with Gasteiger partial charge in [-0.15, -0.1) is 0 Å². The number of hydrogen-bond donors (Lipinski definition) is 0. The van der Waals surface area contributed by atoms with Crippen LogP contribution in [0.3, 0.4) is 0 Å². The molecule has 0 radical (unpaired) electrons. The summed E-state index contributed by atoms with van der Waals surface area (Å²) in [4.78, 5) is 6.61. The number of likely N-dealkylation sites (N-methyl/N-ethyl adjacent to an activating group) is 1. The first-order valence-electron chi connectivity index (χ1n) is 6.54. The van der Waals surface area contributed by atoms with Crippen molar-refractivity contribution in [2.45, 2.75) is 26.3 Å². The minimum absolute atomic E-state index is 0.0409. The van der Waals surface area contributed by atoms with E-state index in [0.29, 0.717) is 0 Å². The first kappa shape index (κ1) is 13.6. The zero-order valence-electron chi connectivity index (χ0n) is 12.0. The number of hydrogen-bond acceptors (Lipinski definition) is 3. The van der Waals surface area contributed by atoms with Gasteiger partial charge in [-0.1, -0.05) is 6.07 Å². The van der Waals surface area contributed by atoms with Gasteiger partial charge in [-0.25, -0.2) is 4.98 Å². The van der Waals surface area contributed by atoms with E-state index in [-0.39, 0.29) is 6.04 Å². The number of nitriles is 1. The summed E-state index contributed by atoms with van der Waals surface area (Å²) in [7, 11) is 4.02. The van der Waals surface area contributed by atoms with E-state index in [9.17, 15) is 0 Å². The fourth-order valence-electron chi connectivity index (χ4n) is 2.12. The molecule has 19 heavy (non-hydrogen) atoms. The van der Waals surface area contributed by atoms with Gasteiger partial charge in [0, 0.05) is 13.6 Å². The Hall–Kier alpha value is -1.86. The lowest BCUT2D eigenvalue weighted by molar-refractivity contribution is 0.306. The minimum Gasteiger partial charge on any atom is -0.331 e. The lowest BCUT2D eigenvalue weighted by Crippen LogP contribution is -2.29. The summed E-state index contributed by atoms with van der Waals surface area (Å²) in [5.74, 6) is 1.03. The highest BCUT2D eigenvalue weighted by atomic mass is 15.1. The highest BCUT2D eigenvalue weighted by molar-refractivity contribution is 5.76.